The third kappa shape index (κ3) is 3.58. The van der Waals surface area contributed by atoms with Gasteiger partial charge in [-0.25, -0.2) is 9.97 Å². The summed E-state index contributed by atoms with van der Waals surface area (Å²) in [6.45, 7) is 4.88. The molecule has 0 amide bonds. The first-order chi connectivity index (χ1) is 13.3. The molecule has 5 rings (SSSR count). The van der Waals surface area contributed by atoms with Crippen molar-refractivity contribution in [1.29, 1.82) is 0 Å². The van der Waals surface area contributed by atoms with Crippen LogP contribution in [-0.4, -0.2) is 46.0 Å². The standard InChI is InChI=1S/C20H19N5S2/c1-2-4-18-17(3-1)21-11-19(23-18)25-8-6-24(7-9-25)12-16-14-27-20(22-16)15-5-10-26-13-15/h1-5,10-11,13-14H,6-9,12H2. The fourth-order valence-electron chi connectivity index (χ4n) is 3.36. The van der Waals surface area contributed by atoms with Gasteiger partial charge in [0.05, 0.1) is 22.9 Å². The molecular weight excluding hydrogens is 374 g/mol. The van der Waals surface area contributed by atoms with Gasteiger partial charge in [0.1, 0.15) is 10.8 Å². The van der Waals surface area contributed by atoms with Gasteiger partial charge in [-0.05, 0) is 23.6 Å². The zero-order valence-electron chi connectivity index (χ0n) is 14.8. The summed E-state index contributed by atoms with van der Waals surface area (Å²) in [4.78, 5) is 18.9. The molecule has 0 saturated carbocycles. The molecule has 0 radical (unpaired) electrons. The lowest BCUT2D eigenvalue weighted by Gasteiger charge is -2.34. The minimum absolute atomic E-state index is 0.915. The number of fused-ring (bicyclic) bond motifs is 1. The number of thiophene rings is 1. The first-order valence-electron chi connectivity index (χ1n) is 9.01. The van der Waals surface area contributed by atoms with Crippen LogP contribution in [0.4, 0.5) is 5.82 Å². The Hall–Kier alpha value is -2.35. The summed E-state index contributed by atoms with van der Waals surface area (Å²) in [6, 6.07) is 10.2. The summed E-state index contributed by atoms with van der Waals surface area (Å²) in [5.41, 5.74) is 4.31. The maximum absolute atomic E-state index is 4.81. The van der Waals surface area contributed by atoms with E-state index in [2.05, 4.69) is 37.0 Å². The third-order valence-electron chi connectivity index (χ3n) is 4.84. The highest BCUT2D eigenvalue weighted by atomic mass is 32.1. The van der Waals surface area contributed by atoms with E-state index in [-0.39, 0.29) is 0 Å². The second-order valence-corrected chi connectivity index (χ2v) is 8.27. The molecule has 1 aromatic carbocycles. The molecule has 0 N–H and O–H groups in total. The van der Waals surface area contributed by atoms with Crippen molar-refractivity contribution < 1.29 is 0 Å². The SMILES string of the molecule is c1ccc2nc(N3CCN(Cc4csc(-c5ccsc5)n4)CC3)cnc2c1. The van der Waals surface area contributed by atoms with Crippen LogP contribution in [-0.2, 0) is 6.54 Å². The maximum Gasteiger partial charge on any atom is 0.147 e. The van der Waals surface area contributed by atoms with Crippen molar-refractivity contribution in [3.05, 3.63) is 58.4 Å². The molecule has 4 aromatic rings. The summed E-state index contributed by atoms with van der Waals surface area (Å²) < 4.78 is 0. The van der Waals surface area contributed by atoms with E-state index in [0.29, 0.717) is 0 Å². The van der Waals surface area contributed by atoms with Crippen LogP contribution in [0.2, 0.25) is 0 Å². The van der Waals surface area contributed by atoms with Crippen molar-refractivity contribution in [2.75, 3.05) is 31.1 Å². The van der Waals surface area contributed by atoms with Gasteiger partial charge in [-0.15, -0.1) is 11.3 Å². The molecular formula is C20H19N5S2. The van der Waals surface area contributed by atoms with Gasteiger partial charge >= 0.3 is 0 Å². The average molecular weight is 394 g/mol. The normalized spacial score (nSPS) is 15.5. The second kappa shape index (κ2) is 7.34. The number of nitrogens with zero attached hydrogens (tertiary/aromatic N) is 5. The Morgan fingerprint density at radius 2 is 1.78 bits per heavy atom. The van der Waals surface area contributed by atoms with Crippen molar-refractivity contribution in [3.8, 4) is 10.6 Å². The Morgan fingerprint density at radius 1 is 0.926 bits per heavy atom. The van der Waals surface area contributed by atoms with Crippen molar-refractivity contribution >= 4 is 39.5 Å². The lowest BCUT2D eigenvalue weighted by Crippen LogP contribution is -2.46. The molecule has 136 valence electrons. The van der Waals surface area contributed by atoms with E-state index in [1.807, 2.05) is 30.5 Å². The molecule has 0 aliphatic carbocycles. The van der Waals surface area contributed by atoms with Crippen molar-refractivity contribution in [1.82, 2.24) is 19.9 Å². The lowest BCUT2D eigenvalue weighted by atomic mass is 10.3. The predicted molar refractivity (Wildman–Crippen MR) is 112 cm³/mol. The van der Waals surface area contributed by atoms with Gasteiger partial charge in [0.15, 0.2) is 0 Å². The lowest BCUT2D eigenvalue weighted by molar-refractivity contribution is 0.247. The van der Waals surface area contributed by atoms with Gasteiger partial charge in [-0.1, -0.05) is 12.1 Å². The molecule has 3 aromatic heterocycles. The number of rotatable bonds is 4. The van der Waals surface area contributed by atoms with Crippen molar-refractivity contribution in [2.45, 2.75) is 6.54 Å². The third-order valence-corrected chi connectivity index (χ3v) is 6.46. The number of aromatic nitrogens is 3. The zero-order chi connectivity index (χ0) is 18.1. The first kappa shape index (κ1) is 16.8. The second-order valence-electron chi connectivity index (χ2n) is 6.64. The quantitative estimate of drug-likeness (QED) is 0.521. The molecule has 27 heavy (non-hydrogen) atoms. The highest BCUT2D eigenvalue weighted by molar-refractivity contribution is 7.14. The topological polar surface area (TPSA) is 45.2 Å². The fraction of sp³-hybridized carbons (Fsp3) is 0.250. The van der Waals surface area contributed by atoms with E-state index >= 15 is 0 Å². The smallest absolute Gasteiger partial charge is 0.147 e. The van der Waals surface area contributed by atoms with Crippen molar-refractivity contribution in [2.24, 2.45) is 0 Å². The monoisotopic (exact) mass is 393 g/mol. The van der Waals surface area contributed by atoms with Crippen LogP contribution < -0.4 is 4.90 Å². The number of hydrogen-bond acceptors (Lipinski definition) is 7. The zero-order valence-corrected chi connectivity index (χ0v) is 16.4. The number of benzene rings is 1. The van der Waals surface area contributed by atoms with Crippen LogP contribution in [0.15, 0.2) is 52.7 Å². The molecule has 5 nitrogen and oxygen atoms in total. The number of thiazole rings is 1. The van der Waals surface area contributed by atoms with Gasteiger partial charge in [0, 0.05) is 49.0 Å². The van der Waals surface area contributed by atoms with E-state index in [9.17, 15) is 0 Å². The van der Waals surface area contributed by atoms with Gasteiger partial charge in [-0.2, -0.15) is 11.3 Å². The van der Waals surface area contributed by atoms with E-state index < -0.39 is 0 Å². The molecule has 0 spiro atoms. The molecule has 0 atom stereocenters. The molecule has 4 heterocycles. The van der Waals surface area contributed by atoms with Gasteiger partial charge in [-0.3, -0.25) is 9.88 Å². The maximum atomic E-state index is 4.81. The number of hydrogen-bond donors (Lipinski definition) is 0. The van der Waals surface area contributed by atoms with Crippen LogP contribution >= 0.6 is 22.7 Å². The molecule has 1 aliphatic heterocycles. The molecule has 7 heteroatoms. The number of piperazine rings is 1. The highest BCUT2D eigenvalue weighted by Crippen LogP contribution is 2.26. The summed E-state index contributed by atoms with van der Waals surface area (Å²) >= 11 is 3.45. The Morgan fingerprint density at radius 3 is 2.59 bits per heavy atom. The van der Waals surface area contributed by atoms with E-state index in [0.717, 1.165) is 54.6 Å². The van der Waals surface area contributed by atoms with Crippen LogP contribution in [0.3, 0.4) is 0 Å². The fourth-order valence-corrected chi connectivity index (χ4v) is 4.89. The average Bonchev–Trinajstić information content (AvgIpc) is 3.40. The molecule has 0 bridgehead atoms. The Bertz CT molecular complexity index is 1040. The molecule has 0 unspecified atom stereocenters. The minimum atomic E-state index is 0.915. The molecule has 1 fully saturated rings. The van der Waals surface area contributed by atoms with Gasteiger partial charge < -0.3 is 4.90 Å². The van der Waals surface area contributed by atoms with E-state index in [4.69, 9.17) is 9.97 Å². The van der Waals surface area contributed by atoms with Crippen molar-refractivity contribution in [3.63, 3.8) is 0 Å². The van der Waals surface area contributed by atoms with Crippen LogP contribution in [0, 0.1) is 0 Å². The largest absolute Gasteiger partial charge is 0.353 e. The van der Waals surface area contributed by atoms with Crippen LogP contribution in [0.25, 0.3) is 21.6 Å². The summed E-state index contributed by atoms with van der Waals surface area (Å²) in [5, 5.41) is 7.57. The number of anilines is 1. The highest BCUT2D eigenvalue weighted by Gasteiger charge is 2.19. The summed E-state index contributed by atoms with van der Waals surface area (Å²) in [5.74, 6) is 0.974. The van der Waals surface area contributed by atoms with Gasteiger partial charge in [0.25, 0.3) is 0 Å². The first-order valence-corrected chi connectivity index (χ1v) is 10.8. The molecule has 1 saturated heterocycles. The van der Waals surface area contributed by atoms with E-state index in [1.54, 1.807) is 22.7 Å². The van der Waals surface area contributed by atoms with Crippen LogP contribution in [0.1, 0.15) is 5.69 Å². The molecule has 1 aliphatic rings. The number of para-hydroxylation sites is 2. The Balaban J connectivity index is 1.22. The van der Waals surface area contributed by atoms with Crippen LogP contribution in [0.5, 0.6) is 0 Å². The Kier molecular flexibility index (Phi) is 4.57. The predicted octanol–water partition coefficient (Wildman–Crippen LogP) is 4.14. The minimum Gasteiger partial charge on any atom is -0.353 e. The van der Waals surface area contributed by atoms with Gasteiger partial charge in [0.2, 0.25) is 0 Å². The van der Waals surface area contributed by atoms with E-state index in [1.165, 1.54) is 11.3 Å². The Labute approximate surface area is 166 Å². The summed E-state index contributed by atoms with van der Waals surface area (Å²) in [6.07, 6.45) is 1.89. The summed E-state index contributed by atoms with van der Waals surface area (Å²) in [7, 11) is 0.